The average Bonchev–Trinajstić information content (AvgIpc) is 2.60. The number of methoxy groups -OCH3 is 2. The second kappa shape index (κ2) is 11.1. The molecule has 0 aliphatic carbocycles. The van der Waals surface area contributed by atoms with Crippen LogP contribution in [0.1, 0.15) is 25.8 Å². The molecular formula is C19H26N2O4. The van der Waals surface area contributed by atoms with Gasteiger partial charge in [0.2, 0.25) is 0 Å². The van der Waals surface area contributed by atoms with Gasteiger partial charge in [-0.2, -0.15) is 5.26 Å². The van der Waals surface area contributed by atoms with Crippen LogP contribution in [0.2, 0.25) is 0 Å². The second-order valence-electron chi connectivity index (χ2n) is 5.86. The first kappa shape index (κ1) is 20.5. The van der Waals surface area contributed by atoms with E-state index in [0.717, 1.165) is 6.42 Å². The summed E-state index contributed by atoms with van der Waals surface area (Å²) in [6.45, 7) is 5.61. The van der Waals surface area contributed by atoms with Crippen molar-refractivity contribution in [1.29, 1.82) is 5.26 Å². The fourth-order valence-electron chi connectivity index (χ4n) is 1.97. The van der Waals surface area contributed by atoms with E-state index in [9.17, 15) is 10.1 Å². The minimum absolute atomic E-state index is 0.0200. The monoisotopic (exact) mass is 346 g/mol. The first-order valence-corrected chi connectivity index (χ1v) is 8.21. The van der Waals surface area contributed by atoms with Crippen molar-refractivity contribution in [2.75, 3.05) is 34.0 Å². The quantitative estimate of drug-likeness (QED) is 0.400. The van der Waals surface area contributed by atoms with E-state index < -0.39 is 5.91 Å². The summed E-state index contributed by atoms with van der Waals surface area (Å²) < 4.78 is 15.9. The van der Waals surface area contributed by atoms with Gasteiger partial charge in [0.25, 0.3) is 5.91 Å². The Morgan fingerprint density at radius 1 is 1.28 bits per heavy atom. The molecule has 136 valence electrons. The number of hydrogen-bond acceptors (Lipinski definition) is 5. The lowest BCUT2D eigenvalue weighted by molar-refractivity contribution is -0.117. The van der Waals surface area contributed by atoms with Crippen molar-refractivity contribution in [3.63, 3.8) is 0 Å². The van der Waals surface area contributed by atoms with Crippen molar-refractivity contribution < 1.29 is 19.0 Å². The number of benzene rings is 1. The largest absolute Gasteiger partial charge is 0.493 e. The predicted octanol–water partition coefficient (Wildman–Crippen LogP) is 2.79. The fraction of sp³-hybridized carbons (Fsp3) is 0.474. The van der Waals surface area contributed by atoms with E-state index in [1.54, 1.807) is 32.4 Å². The summed E-state index contributed by atoms with van der Waals surface area (Å²) in [7, 11) is 3.10. The third-order valence-corrected chi connectivity index (χ3v) is 3.41. The standard InChI is InChI=1S/C19H26N2O4/c1-14(2)7-9-25-17-6-5-15(12-18(17)24-4)11-16(13-20)19(22)21-8-10-23-3/h5-6,11-12,14H,7-10H2,1-4H3,(H,21,22)/b16-11+. The summed E-state index contributed by atoms with van der Waals surface area (Å²) in [6.07, 6.45) is 2.47. The molecule has 25 heavy (non-hydrogen) atoms. The molecule has 0 aromatic heterocycles. The van der Waals surface area contributed by atoms with E-state index in [2.05, 4.69) is 19.2 Å². The van der Waals surface area contributed by atoms with Gasteiger partial charge in [0.15, 0.2) is 11.5 Å². The Hall–Kier alpha value is -2.52. The van der Waals surface area contributed by atoms with Gasteiger partial charge in [-0.1, -0.05) is 19.9 Å². The van der Waals surface area contributed by atoms with E-state index in [4.69, 9.17) is 14.2 Å². The van der Waals surface area contributed by atoms with Gasteiger partial charge in [0.1, 0.15) is 11.6 Å². The number of carbonyl (C=O) groups is 1. The van der Waals surface area contributed by atoms with Gasteiger partial charge < -0.3 is 19.5 Å². The Kier molecular flexibility index (Phi) is 9.12. The van der Waals surface area contributed by atoms with Crippen LogP contribution in [0, 0.1) is 17.2 Å². The predicted molar refractivity (Wildman–Crippen MR) is 96.4 cm³/mol. The van der Waals surface area contributed by atoms with Crippen LogP contribution < -0.4 is 14.8 Å². The molecule has 1 aromatic rings. The van der Waals surface area contributed by atoms with Crippen molar-refractivity contribution in [2.45, 2.75) is 20.3 Å². The molecule has 1 rings (SSSR count). The second-order valence-corrected chi connectivity index (χ2v) is 5.86. The highest BCUT2D eigenvalue weighted by Crippen LogP contribution is 2.29. The summed E-state index contributed by atoms with van der Waals surface area (Å²) >= 11 is 0. The van der Waals surface area contributed by atoms with Crippen molar-refractivity contribution in [1.82, 2.24) is 5.32 Å². The van der Waals surface area contributed by atoms with Gasteiger partial charge in [0.05, 0.1) is 20.3 Å². The summed E-state index contributed by atoms with van der Waals surface area (Å²) in [4.78, 5) is 12.0. The molecule has 6 nitrogen and oxygen atoms in total. The van der Waals surface area contributed by atoms with Crippen LogP contribution in [0.3, 0.4) is 0 Å². The van der Waals surface area contributed by atoms with Gasteiger partial charge >= 0.3 is 0 Å². The number of nitrogens with one attached hydrogen (secondary N) is 1. The van der Waals surface area contributed by atoms with Crippen LogP contribution in [-0.2, 0) is 9.53 Å². The lowest BCUT2D eigenvalue weighted by atomic mass is 10.1. The molecule has 1 amide bonds. The van der Waals surface area contributed by atoms with E-state index in [1.165, 1.54) is 6.08 Å². The number of carbonyl (C=O) groups excluding carboxylic acids is 1. The molecule has 6 heteroatoms. The highest BCUT2D eigenvalue weighted by molar-refractivity contribution is 6.01. The maximum absolute atomic E-state index is 12.0. The number of nitrogens with zero attached hydrogens (tertiary/aromatic N) is 1. The maximum Gasteiger partial charge on any atom is 0.262 e. The SMILES string of the molecule is COCCNC(=O)/C(C#N)=C/c1ccc(OCCC(C)C)c(OC)c1. The van der Waals surface area contributed by atoms with Gasteiger partial charge in [-0.25, -0.2) is 0 Å². The molecule has 0 heterocycles. The van der Waals surface area contributed by atoms with Gasteiger partial charge in [-0.05, 0) is 36.1 Å². The molecule has 0 fully saturated rings. The lowest BCUT2D eigenvalue weighted by Gasteiger charge is -2.12. The topological polar surface area (TPSA) is 80.6 Å². The normalized spacial score (nSPS) is 11.1. The highest BCUT2D eigenvalue weighted by atomic mass is 16.5. The molecule has 0 aliphatic heterocycles. The molecule has 0 aliphatic rings. The van der Waals surface area contributed by atoms with Crippen molar-refractivity contribution in [2.24, 2.45) is 5.92 Å². The van der Waals surface area contributed by atoms with Crippen LogP contribution in [0.25, 0.3) is 6.08 Å². The van der Waals surface area contributed by atoms with Crippen molar-refractivity contribution in [3.8, 4) is 17.6 Å². The molecule has 0 saturated heterocycles. The van der Waals surface area contributed by atoms with Crippen LogP contribution in [0.4, 0.5) is 0 Å². The Labute approximate surface area is 149 Å². The number of ether oxygens (including phenoxy) is 3. The number of amides is 1. The third kappa shape index (κ3) is 7.27. The molecule has 0 spiro atoms. The summed E-state index contributed by atoms with van der Waals surface area (Å²) in [5.74, 6) is 1.33. The Morgan fingerprint density at radius 3 is 2.64 bits per heavy atom. The van der Waals surface area contributed by atoms with Crippen molar-refractivity contribution >= 4 is 12.0 Å². The first-order valence-electron chi connectivity index (χ1n) is 8.21. The van der Waals surface area contributed by atoms with Gasteiger partial charge in [-0.3, -0.25) is 4.79 Å². The summed E-state index contributed by atoms with van der Waals surface area (Å²) in [6, 6.07) is 7.22. The molecule has 0 radical (unpaired) electrons. The molecule has 1 aromatic carbocycles. The fourth-order valence-corrected chi connectivity index (χ4v) is 1.97. The van der Waals surface area contributed by atoms with Crippen LogP contribution in [0.15, 0.2) is 23.8 Å². The zero-order valence-electron chi connectivity index (χ0n) is 15.3. The average molecular weight is 346 g/mol. The van der Waals surface area contributed by atoms with E-state index >= 15 is 0 Å². The van der Waals surface area contributed by atoms with E-state index in [-0.39, 0.29) is 5.57 Å². The Morgan fingerprint density at radius 2 is 2.04 bits per heavy atom. The molecule has 0 atom stereocenters. The number of hydrogen-bond donors (Lipinski definition) is 1. The van der Waals surface area contributed by atoms with Crippen LogP contribution in [0.5, 0.6) is 11.5 Å². The van der Waals surface area contributed by atoms with E-state index in [1.807, 2.05) is 6.07 Å². The summed E-state index contributed by atoms with van der Waals surface area (Å²) in [5, 5.41) is 11.8. The van der Waals surface area contributed by atoms with E-state index in [0.29, 0.717) is 42.7 Å². The molecule has 0 unspecified atom stereocenters. The zero-order chi connectivity index (χ0) is 18.7. The van der Waals surface area contributed by atoms with Gasteiger partial charge in [-0.15, -0.1) is 0 Å². The molecule has 0 saturated carbocycles. The minimum atomic E-state index is -0.434. The lowest BCUT2D eigenvalue weighted by Crippen LogP contribution is -2.27. The van der Waals surface area contributed by atoms with Crippen molar-refractivity contribution in [3.05, 3.63) is 29.3 Å². The maximum atomic E-state index is 12.0. The molecule has 0 bridgehead atoms. The molecule has 1 N–H and O–H groups in total. The minimum Gasteiger partial charge on any atom is -0.493 e. The molecular weight excluding hydrogens is 320 g/mol. The first-order chi connectivity index (χ1) is 12.0. The smallest absolute Gasteiger partial charge is 0.262 e. The number of nitriles is 1. The Balaban J connectivity index is 2.86. The third-order valence-electron chi connectivity index (χ3n) is 3.41. The summed E-state index contributed by atoms with van der Waals surface area (Å²) in [5.41, 5.74) is 0.707. The van der Waals surface area contributed by atoms with Crippen LogP contribution in [-0.4, -0.2) is 39.9 Å². The Bertz CT molecular complexity index is 633. The number of rotatable bonds is 10. The van der Waals surface area contributed by atoms with Gasteiger partial charge in [0, 0.05) is 13.7 Å². The highest BCUT2D eigenvalue weighted by Gasteiger charge is 2.10. The zero-order valence-corrected chi connectivity index (χ0v) is 15.3. The van der Waals surface area contributed by atoms with Crippen LogP contribution >= 0.6 is 0 Å².